The van der Waals surface area contributed by atoms with E-state index in [1.807, 2.05) is 12.1 Å². The van der Waals surface area contributed by atoms with Crippen molar-refractivity contribution in [3.05, 3.63) is 24.2 Å². The molecule has 0 spiro atoms. The topological polar surface area (TPSA) is 45.5 Å². The van der Waals surface area contributed by atoms with Gasteiger partial charge in [-0.05, 0) is 50.9 Å². The fourth-order valence-electron chi connectivity index (χ4n) is 3.69. The summed E-state index contributed by atoms with van der Waals surface area (Å²) in [6, 6.07) is 4.27. The van der Waals surface area contributed by atoms with Gasteiger partial charge in [-0.15, -0.1) is 0 Å². The highest BCUT2D eigenvalue weighted by molar-refractivity contribution is 5.82. The molecule has 1 aliphatic carbocycles. The Morgan fingerprint density at radius 1 is 1.38 bits per heavy atom. The molecule has 1 aromatic heterocycles. The first-order valence-corrected chi connectivity index (χ1v) is 8.23. The van der Waals surface area contributed by atoms with Crippen molar-refractivity contribution >= 4 is 5.91 Å². The number of nitrogens with zero attached hydrogens (tertiary/aromatic N) is 1. The summed E-state index contributed by atoms with van der Waals surface area (Å²) >= 11 is 0. The van der Waals surface area contributed by atoms with Crippen molar-refractivity contribution < 1.29 is 9.21 Å². The molecule has 0 unspecified atom stereocenters. The third kappa shape index (κ3) is 3.15. The maximum atomic E-state index is 13.2. The van der Waals surface area contributed by atoms with Gasteiger partial charge in [0.25, 0.3) is 0 Å². The Kier molecular flexibility index (Phi) is 4.34. The maximum Gasteiger partial charge on any atom is 0.229 e. The largest absolute Gasteiger partial charge is 0.467 e. The smallest absolute Gasteiger partial charge is 0.229 e. The molecular weight excluding hydrogens is 264 g/mol. The molecule has 1 saturated heterocycles. The molecule has 0 aromatic carbocycles. The Bertz CT molecular complexity index is 457. The van der Waals surface area contributed by atoms with E-state index < -0.39 is 0 Å². The quantitative estimate of drug-likeness (QED) is 0.927. The van der Waals surface area contributed by atoms with Crippen molar-refractivity contribution in [2.45, 2.75) is 58.0 Å². The van der Waals surface area contributed by atoms with Crippen molar-refractivity contribution in [3.8, 4) is 0 Å². The summed E-state index contributed by atoms with van der Waals surface area (Å²) < 4.78 is 5.49. The Hall–Kier alpha value is -1.29. The molecule has 4 heteroatoms. The van der Waals surface area contributed by atoms with Crippen LogP contribution in [0.3, 0.4) is 0 Å². The molecule has 116 valence electrons. The van der Waals surface area contributed by atoms with Gasteiger partial charge in [0.2, 0.25) is 5.91 Å². The highest BCUT2D eigenvalue weighted by atomic mass is 16.3. The number of amides is 1. The minimum atomic E-state index is -0.208. The fraction of sp³-hybridized carbons (Fsp3) is 0.706. The van der Waals surface area contributed by atoms with Crippen LogP contribution in [-0.2, 0) is 11.3 Å². The van der Waals surface area contributed by atoms with Crippen LogP contribution in [0.1, 0.15) is 51.2 Å². The van der Waals surface area contributed by atoms with Gasteiger partial charge in [0.15, 0.2) is 0 Å². The van der Waals surface area contributed by atoms with E-state index in [1.54, 1.807) is 6.26 Å². The van der Waals surface area contributed by atoms with Crippen LogP contribution in [0, 0.1) is 5.41 Å². The van der Waals surface area contributed by atoms with E-state index in [9.17, 15) is 4.79 Å². The van der Waals surface area contributed by atoms with Gasteiger partial charge < -0.3 is 14.6 Å². The number of hydrogen-bond donors (Lipinski definition) is 1. The van der Waals surface area contributed by atoms with Gasteiger partial charge in [-0.2, -0.15) is 0 Å². The highest BCUT2D eigenvalue weighted by Gasteiger charge is 2.40. The monoisotopic (exact) mass is 290 g/mol. The standard InChI is InChI=1S/C17H26N2O2/c1-17(8-10-18-11-9-17)16(20)19(14-5-2-3-6-14)13-15-7-4-12-21-15/h4,7,12,14,18H,2-3,5-6,8-11,13H2,1H3. The number of hydrogen-bond acceptors (Lipinski definition) is 3. The minimum Gasteiger partial charge on any atom is -0.467 e. The Labute approximate surface area is 126 Å². The lowest BCUT2D eigenvalue weighted by Crippen LogP contribution is -2.50. The SMILES string of the molecule is CC1(C(=O)N(Cc2ccco2)C2CCCC2)CCNCC1. The molecule has 1 saturated carbocycles. The van der Waals surface area contributed by atoms with Crippen molar-refractivity contribution in [2.24, 2.45) is 5.41 Å². The van der Waals surface area contributed by atoms with Gasteiger partial charge in [0.05, 0.1) is 12.8 Å². The molecule has 21 heavy (non-hydrogen) atoms. The summed E-state index contributed by atoms with van der Waals surface area (Å²) in [6.07, 6.45) is 8.33. The van der Waals surface area contributed by atoms with E-state index in [4.69, 9.17) is 4.42 Å². The third-order valence-electron chi connectivity index (χ3n) is 5.16. The van der Waals surface area contributed by atoms with E-state index in [0.717, 1.165) is 44.5 Å². The maximum absolute atomic E-state index is 13.2. The number of piperidine rings is 1. The summed E-state index contributed by atoms with van der Waals surface area (Å²) in [6.45, 7) is 4.66. The van der Waals surface area contributed by atoms with Gasteiger partial charge in [0.1, 0.15) is 5.76 Å². The molecule has 1 amide bonds. The van der Waals surface area contributed by atoms with E-state index >= 15 is 0 Å². The van der Waals surface area contributed by atoms with Crippen LogP contribution in [0.15, 0.2) is 22.8 Å². The number of carbonyl (C=O) groups is 1. The molecule has 0 radical (unpaired) electrons. The van der Waals surface area contributed by atoms with Crippen molar-refractivity contribution in [2.75, 3.05) is 13.1 Å². The Balaban J connectivity index is 1.78. The van der Waals surface area contributed by atoms with Gasteiger partial charge in [0, 0.05) is 11.5 Å². The molecule has 4 nitrogen and oxygen atoms in total. The molecule has 1 aliphatic heterocycles. The highest BCUT2D eigenvalue weighted by Crippen LogP contribution is 2.34. The van der Waals surface area contributed by atoms with Crippen LogP contribution in [0.5, 0.6) is 0 Å². The first kappa shape index (κ1) is 14.6. The molecule has 0 atom stereocenters. The predicted molar refractivity (Wildman–Crippen MR) is 81.7 cm³/mol. The van der Waals surface area contributed by atoms with Gasteiger partial charge in [-0.25, -0.2) is 0 Å². The second kappa shape index (κ2) is 6.22. The average molecular weight is 290 g/mol. The Morgan fingerprint density at radius 3 is 2.71 bits per heavy atom. The minimum absolute atomic E-state index is 0.208. The van der Waals surface area contributed by atoms with Crippen LogP contribution in [0.25, 0.3) is 0 Å². The molecule has 2 fully saturated rings. The summed E-state index contributed by atoms with van der Waals surface area (Å²) in [5, 5.41) is 3.36. The number of nitrogens with one attached hydrogen (secondary N) is 1. The third-order valence-corrected chi connectivity index (χ3v) is 5.16. The molecule has 2 aliphatic rings. The van der Waals surface area contributed by atoms with Crippen LogP contribution < -0.4 is 5.32 Å². The summed E-state index contributed by atoms with van der Waals surface area (Å²) in [5.74, 6) is 1.22. The van der Waals surface area contributed by atoms with Crippen LogP contribution >= 0.6 is 0 Å². The van der Waals surface area contributed by atoms with E-state index in [-0.39, 0.29) is 5.41 Å². The zero-order valence-electron chi connectivity index (χ0n) is 12.9. The van der Waals surface area contributed by atoms with E-state index in [2.05, 4.69) is 17.1 Å². The summed E-state index contributed by atoms with van der Waals surface area (Å²) in [7, 11) is 0. The van der Waals surface area contributed by atoms with Crippen molar-refractivity contribution in [3.63, 3.8) is 0 Å². The number of rotatable bonds is 4. The normalized spacial score (nSPS) is 22.3. The van der Waals surface area contributed by atoms with E-state index in [1.165, 1.54) is 12.8 Å². The van der Waals surface area contributed by atoms with Gasteiger partial charge in [-0.3, -0.25) is 4.79 Å². The molecule has 1 N–H and O–H groups in total. The van der Waals surface area contributed by atoms with Crippen molar-refractivity contribution in [1.29, 1.82) is 0 Å². The fourth-order valence-corrected chi connectivity index (χ4v) is 3.69. The van der Waals surface area contributed by atoms with Crippen LogP contribution in [0.2, 0.25) is 0 Å². The predicted octanol–water partition coefficient (Wildman–Crippen LogP) is 2.94. The van der Waals surface area contributed by atoms with Gasteiger partial charge >= 0.3 is 0 Å². The first-order chi connectivity index (χ1) is 10.2. The average Bonchev–Trinajstić information content (AvgIpc) is 3.18. The second-order valence-corrected chi connectivity index (χ2v) is 6.76. The molecular formula is C17H26N2O2. The van der Waals surface area contributed by atoms with Crippen molar-refractivity contribution in [1.82, 2.24) is 10.2 Å². The molecule has 2 heterocycles. The molecule has 3 rings (SSSR count). The zero-order valence-corrected chi connectivity index (χ0v) is 12.9. The lowest BCUT2D eigenvalue weighted by atomic mass is 9.79. The molecule has 1 aromatic rings. The second-order valence-electron chi connectivity index (χ2n) is 6.76. The van der Waals surface area contributed by atoms with Crippen LogP contribution in [0.4, 0.5) is 0 Å². The number of furan rings is 1. The first-order valence-electron chi connectivity index (χ1n) is 8.23. The molecule has 0 bridgehead atoms. The van der Waals surface area contributed by atoms with Gasteiger partial charge in [-0.1, -0.05) is 19.8 Å². The van der Waals surface area contributed by atoms with Crippen LogP contribution in [-0.4, -0.2) is 29.9 Å². The lowest BCUT2D eigenvalue weighted by Gasteiger charge is -2.39. The Morgan fingerprint density at radius 2 is 2.10 bits per heavy atom. The summed E-state index contributed by atoms with van der Waals surface area (Å²) in [5.41, 5.74) is -0.208. The summed E-state index contributed by atoms with van der Waals surface area (Å²) in [4.78, 5) is 15.3. The van der Waals surface area contributed by atoms with E-state index in [0.29, 0.717) is 18.5 Å². The lowest BCUT2D eigenvalue weighted by molar-refractivity contribution is -0.146. The number of carbonyl (C=O) groups excluding carboxylic acids is 1. The zero-order chi connectivity index (χ0) is 14.7.